The normalized spacial score (nSPS) is 20.3. The van der Waals surface area contributed by atoms with Crippen molar-refractivity contribution in [2.24, 2.45) is 11.8 Å². The number of H-pyrrole nitrogens is 1. The molecule has 3 rings (SSSR count). The molecule has 2 aromatic rings. The lowest BCUT2D eigenvalue weighted by Crippen LogP contribution is -2.29. The largest absolute Gasteiger partial charge is 0.396 e. The molecule has 1 aromatic heterocycles. The summed E-state index contributed by atoms with van der Waals surface area (Å²) in [6.07, 6.45) is 3.16. The fraction of sp³-hybridized carbons (Fsp3) is 0.450. The van der Waals surface area contributed by atoms with Gasteiger partial charge in [-0.25, -0.2) is 5.10 Å². The molecule has 1 aliphatic heterocycles. The highest BCUT2D eigenvalue weighted by Gasteiger charge is 2.32. The van der Waals surface area contributed by atoms with Gasteiger partial charge in [-0.3, -0.25) is 14.5 Å². The molecule has 2 N–H and O–H groups in total. The second-order valence-electron chi connectivity index (χ2n) is 7.00. The molecule has 0 amide bonds. The average molecular weight is 355 g/mol. The van der Waals surface area contributed by atoms with Crippen LogP contribution in [0.1, 0.15) is 28.9 Å². The summed E-state index contributed by atoms with van der Waals surface area (Å²) < 4.78 is 0. The zero-order valence-corrected chi connectivity index (χ0v) is 14.8. The molecule has 2 heterocycles. The Bertz CT molecular complexity index is 755. The molecule has 2 atom stereocenters. The highest BCUT2D eigenvalue weighted by molar-refractivity contribution is 5.95. The number of likely N-dealkylation sites (tertiary alicyclic amines) is 1. The van der Waals surface area contributed by atoms with E-state index < -0.39 is 0 Å². The van der Waals surface area contributed by atoms with Crippen molar-refractivity contribution in [3.8, 4) is 0 Å². The lowest BCUT2D eigenvalue weighted by Gasteiger charge is -2.15. The second kappa shape index (κ2) is 8.87. The Morgan fingerprint density at radius 2 is 1.92 bits per heavy atom. The van der Waals surface area contributed by atoms with Gasteiger partial charge in [-0.05, 0) is 42.7 Å². The van der Waals surface area contributed by atoms with Crippen LogP contribution in [0.25, 0.3) is 0 Å². The summed E-state index contributed by atoms with van der Waals surface area (Å²) in [6.45, 7) is 1.96. The minimum absolute atomic E-state index is 0.108. The first-order valence-electron chi connectivity index (χ1n) is 9.12. The number of carbonyl (C=O) groups is 1. The van der Waals surface area contributed by atoms with Crippen LogP contribution in [0.5, 0.6) is 0 Å². The summed E-state index contributed by atoms with van der Waals surface area (Å²) >= 11 is 0. The maximum Gasteiger partial charge on any atom is 0.264 e. The van der Waals surface area contributed by atoms with Gasteiger partial charge in [-0.1, -0.05) is 30.3 Å². The van der Waals surface area contributed by atoms with Crippen LogP contribution in [0.15, 0.2) is 47.3 Å². The van der Waals surface area contributed by atoms with Gasteiger partial charge < -0.3 is 5.11 Å². The van der Waals surface area contributed by atoms with Gasteiger partial charge in [0.15, 0.2) is 5.78 Å². The molecular formula is C20H25N3O3. The van der Waals surface area contributed by atoms with Crippen molar-refractivity contribution in [3.63, 3.8) is 0 Å². The van der Waals surface area contributed by atoms with Gasteiger partial charge in [0.2, 0.25) is 0 Å². The Labute approximate surface area is 152 Å². The zero-order valence-electron chi connectivity index (χ0n) is 14.8. The van der Waals surface area contributed by atoms with Gasteiger partial charge in [0, 0.05) is 25.8 Å². The van der Waals surface area contributed by atoms with E-state index in [1.165, 1.54) is 17.7 Å². The summed E-state index contributed by atoms with van der Waals surface area (Å²) in [5, 5.41) is 15.8. The number of ketones is 1. The molecule has 0 saturated carbocycles. The van der Waals surface area contributed by atoms with Crippen molar-refractivity contribution in [2.75, 3.05) is 26.2 Å². The van der Waals surface area contributed by atoms with Gasteiger partial charge in [-0.2, -0.15) is 5.10 Å². The van der Waals surface area contributed by atoms with Gasteiger partial charge in [0.1, 0.15) is 5.69 Å². The number of aromatic nitrogens is 2. The van der Waals surface area contributed by atoms with E-state index in [0.29, 0.717) is 5.92 Å². The number of nitrogens with one attached hydrogen (secondary N) is 1. The molecule has 138 valence electrons. The molecule has 1 aromatic carbocycles. The Kier molecular flexibility index (Phi) is 6.30. The third-order valence-corrected chi connectivity index (χ3v) is 5.10. The maximum absolute atomic E-state index is 12.3. The quantitative estimate of drug-likeness (QED) is 0.701. The van der Waals surface area contributed by atoms with Crippen LogP contribution in [-0.4, -0.2) is 52.2 Å². The van der Waals surface area contributed by atoms with Crippen molar-refractivity contribution < 1.29 is 9.90 Å². The van der Waals surface area contributed by atoms with E-state index in [0.717, 1.165) is 32.4 Å². The van der Waals surface area contributed by atoms with E-state index in [-0.39, 0.29) is 36.1 Å². The van der Waals surface area contributed by atoms with E-state index in [2.05, 4.69) is 39.4 Å². The van der Waals surface area contributed by atoms with Crippen LogP contribution in [0.4, 0.5) is 0 Å². The zero-order chi connectivity index (χ0) is 18.4. The molecule has 0 unspecified atom stereocenters. The number of carbonyl (C=O) groups excluding carboxylic acids is 1. The Morgan fingerprint density at radius 3 is 2.62 bits per heavy atom. The smallest absolute Gasteiger partial charge is 0.264 e. The molecular weight excluding hydrogens is 330 g/mol. The van der Waals surface area contributed by atoms with Crippen LogP contribution in [-0.2, 0) is 6.42 Å². The van der Waals surface area contributed by atoms with Crippen molar-refractivity contribution in [1.29, 1.82) is 0 Å². The monoisotopic (exact) mass is 355 g/mol. The number of Topliss-reactive ketones (excluding diaryl/α,β-unsaturated/α-hetero) is 1. The fourth-order valence-corrected chi connectivity index (χ4v) is 3.70. The summed E-state index contributed by atoms with van der Waals surface area (Å²) in [6, 6.07) is 13.2. The molecule has 6 heteroatoms. The van der Waals surface area contributed by atoms with Crippen LogP contribution in [0.2, 0.25) is 0 Å². The number of aromatic amines is 1. The Hall–Kier alpha value is -2.31. The number of hydrogen-bond acceptors (Lipinski definition) is 5. The van der Waals surface area contributed by atoms with E-state index in [1.54, 1.807) is 0 Å². The SMILES string of the molecule is O=C(CN1C[C@@H](CCCc2ccccc2)[C@@H](CO)C1)c1ccc(=O)[nH]n1. The van der Waals surface area contributed by atoms with E-state index in [4.69, 9.17) is 0 Å². The summed E-state index contributed by atoms with van der Waals surface area (Å²) in [5.41, 5.74) is 1.29. The third-order valence-electron chi connectivity index (χ3n) is 5.10. The molecule has 6 nitrogen and oxygen atoms in total. The minimum Gasteiger partial charge on any atom is -0.396 e. The van der Waals surface area contributed by atoms with E-state index >= 15 is 0 Å². The topological polar surface area (TPSA) is 86.3 Å². The maximum atomic E-state index is 12.3. The first-order chi connectivity index (χ1) is 12.7. The molecule has 1 fully saturated rings. The van der Waals surface area contributed by atoms with Crippen molar-refractivity contribution in [1.82, 2.24) is 15.1 Å². The molecule has 0 radical (unpaired) electrons. The van der Waals surface area contributed by atoms with E-state index in [9.17, 15) is 14.7 Å². The highest BCUT2D eigenvalue weighted by atomic mass is 16.3. The molecule has 1 saturated heterocycles. The number of benzene rings is 1. The Balaban J connectivity index is 1.50. The van der Waals surface area contributed by atoms with Gasteiger partial charge in [0.25, 0.3) is 5.56 Å². The minimum atomic E-state index is -0.318. The first-order valence-corrected chi connectivity index (χ1v) is 9.12. The molecule has 0 bridgehead atoms. The third kappa shape index (κ3) is 4.86. The average Bonchev–Trinajstić information content (AvgIpc) is 3.04. The summed E-state index contributed by atoms with van der Waals surface area (Å²) in [7, 11) is 0. The first kappa shape index (κ1) is 18.5. The van der Waals surface area contributed by atoms with Crippen molar-refractivity contribution in [3.05, 3.63) is 64.1 Å². The summed E-state index contributed by atoms with van der Waals surface area (Å²) in [5.74, 6) is 0.505. The lowest BCUT2D eigenvalue weighted by molar-refractivity contribution is 0.0934. The van der Waals surface area contributed by atoms with Crippen LogP contribution < -0.4 is 5.56 Å². The van der Waals surface area contributed by atoms with Crippen molar-refractivity contribution in [2.45, 2.75) is 19.3 Å². The molecule has 26 heavy (non-hydrogen) atoms. The lowest BCUT2D eigenvalue weighted by atomic mass is 9.91. The standard InChI is InChI=1S/C20H25N3O3/c24-14-17-12-23(13-19(25)18-9-10-20(26)22-21-18)11-16(17)8-4-7-15-5-2-1-3-6-15/h1-3,5-6,9-10,16-17,24H,4,7-8,11-14H2,(H,22,26)/t16-,17-/m1/s1. The molecule has 0 spiro atoms. The van der Waals surface area contributed by atoms with E-state index in [1.807, 2.05) is 6.07 Å². The number of aliphatic hydroxyl groups excluding tert-OH is 1. The number of aryl methyl sites for hydroxylation is 1. The predicted molar refractivity (Wildman–Crippen MR) is 99.1 cm³/mol. The Morgan fingerprint density at radius 1 is 1.15 bits per heavy atom. The van der Waals surface area contributed by atoms with Crippen LogP contribution in [0, 0.1) is 11.8 Å². The van der Waals surface area contributed by atoms with Crippen LogP contribution in [0.3, 0.4) is 0 Å². The molecule has 0 aliphatic carbocycles. The van der Waals surface area contributed by atoms with Crippen molar-refractivity contribution >= 4 is 5.78 Å². The summed E-state index contributed by atoms with van der Waals surface area (Å²) in [4.78, 5) is 25.5. The predicted octanol–water partition coefficient (Wildman–Crippen LogP) is 1.52. The number of aliphatic hydroxyl groups is 1. The molecule has 1 aliphatic rings. The van der Waals surface area contributed by atoms with Crippen LogP contribution >= 0.6 is 0 Å². The number of hydrogen-bond donors (Lipinski definition) is 2. The number of rotatable bonds is 8. The van der Waals surface area contributed by atoms with Gasteiger partial charge in [-0.15, -0.1) is 0 Å². The fourth-order valence-electron chi connectivity index (χ4n) is 3.70. The van der Waals surface area contributed by atoms with Gasteiger partial charge in [0.05, 0.1) is 6.54 Å². The highest BCUT2D eigenvalue weighted by Crippen LogP contribution is 2.27. The second-order valence-corrected chi connectivity index (χ2v) is 7.00. The van der Waals surface area contributed by atoms with Gasteiger partial charge >= 0.3 is 0 Å². The number of nitrogens with zero attached hydrogens (tertiary/aromatic N) is 2.